The molecular weight excluding hydrogens is 333 g/mol. The molecule has 0 fully saturated rings. The van der Waals surface area contributed by atoms with Gasteiger partial charge in [-0.1, -0.05) is 29.8 Å². The van der Waals surface area contributed by atoms with E-state index in [4.69, 9.17) is 11.6 Å². The molecule has 1 aromatic carbocycles. The Hall–Kier alpha value is -2.67. The summed E-state index contributed by atoms with van der Waals surface area (Å²) < 4.78 is 16.8. The fraction of sp³-hybridized carbons (Fsp3) is 0.188. The number of halogens is 2. The van der Waals surface area contributed by atoms with E-state index in [9.17, 15) is 9.18 Å². The van der Waals surface area contributed by atoms with Gasteiger partial charge >= 0.3 is 0 Å². The molecule has 124 valence electrons. The lowest BCUT2D eigenvalue weighted by atomic mass is 10.2. The smallest absolute Gasteiger partial charge is 0.226 e. The second-order valence-corrected chi connectivity index (χ2v) is 5.67. The maximum Gasteiger partial charge on any atom is 0.226 e. The van der Waals surface area contributed by atoms with E-state index in [1.807, 2.05) is 0 Å². The van der Waals surface area contributed by atoms with Crippen LogP contribution < -0.4 is 5.32 Å². The fourth-order valence-electron chi connectivity index (χ4n) is 2.22. The average molecular weight is 348 g/mol. The molecule has 0 aliphatic heterocycles. The van der Waals surface area contributed by atoms with Crippen molar-refractivity contribution in [2.24, 2.45) is 0 Å². The maximum atomic E-state index is 13.6. The van der Waals surface area contributed by atoms with Gasteiger partial charge in [-0.15, -0.1) is 0 Å². The average Bonchev–Trinajstić information content (AvgIpc) is 3.17. The summed E-state index contributed by atoms with van der Waals surface area (Å²) in [6.45, 7) is 0.732. The molecule has 2 aromatic heterocycles. The molecule has 0 bridgehead atoms. The summed E-state index contributed by atoms with van der Waals surface area (Å²) >= 11 is 5.76. The minimum absolute atomic E-state index is 0.160. The summed E-state index contributed by atoms with van der Waals surface area (Å²) in [6, 6.07) is 6.51. The van der Waals surface area contributed by atoms with E-state index in [2.05, 4.69) is 15.5 Å². The molecule has 0 saturated carbocycles. The number of aryl methyl sites for hydroxylation is 1. The number of anilines is 1. The van der Waals surface area contributed by atoms with E-state index in [1.165, 1.54) is 18.5 Å². The van der Waals surface area contributed by atoms with Gasteiger partial charge in [-0.3, -0.25) is 14.2 Å². The molecule has 6 nitrogen and oxygen atoms in total. The monoisotopic (exact) mass is 347 g/mol. The Kier molecular flexibility index (Phi) is 4.90. The number of nitrogens with zero attached hydrogens (tertiary/aromatic N) is 4. The first-order valence-corrected chi connectivity index (χ1v) is 7.71. The Morgan fingerprint density at radius 1 is 1.17 bits per heavy atom. The predicted molar refractivity (Wildman–Crippen MR) is 88.2 cm³/mol. The summed E-state index contributed by atoms with van der Waals surface area (Å²) in [5, 5.41) is 11.4. The molecule has 0 aliphatic rings. The first-order valence-electron chi connectivity index (χ1n) is 7.34. The van der Waals surface area contributed by atoms with Gasteiger partial charge in [-0.2, -0.15) is 10.2 Å². The van der Waals surface area contributed by atoms with Gasteiger partial charge in [0.2, 0.25) is 5.91 Å². The molecule has 2 heterocycles. The molecule has 24 heavy (non-hydrogen) atoms. The lowest BCUT2D eigenvalue weighted by molar-refractivity contribution is -0.116. The largest absolute Gasteiger partial charge is 0.323 e. The summed E-state index contributed by atoms with van der Waals surface area (Å²) in [6.07, 6.45) is 6.63. The van der Waals surface area contributed by atoms with Gasteiger partial charge in [-0.25, -0.2) is 4.39 Å². The van der Waals surface area contributed by atoms with Gasteiger partial charge in [0.15, 0.2) is 0 Å². The summed E-state index contributed by atoms with van der Waals surface area (Å²) in [5.41, 5.74) is 1.10. The van der Waals surface area contributed by atoms with Gasteiger partial charge in [0, 0.05) is 30.9 Å². The van der Waals surface area contributed by atoms with Crippen molar-refractivity contribution in [3.05, 3.63) is 65.5 Å². The number of carbonyl (C=O) groups is 1. The number of amides is 1. The molecule has 8 heteroatoms. The van der Waals surface area contributed by atoms with Crippen LogP contribution in [0.2, 0.25) is 5.02 Å². The van der Waals surface area contributed by atoms with Crippen LogP contribution in [0.4, 0.5) is 10.1 Å². The van der Waals surface area contributed by atoms with Gasteiger partial charge in [0.25, 0.3) is 0 Å². The van der Waals surface area contributed by atoms with Crippen molar-refractivity contribution in [3.8, 4) is 0 Å². The van der Waals surface area contributed by atoms with Gasteiger partial charge in [0.1, 0.15) is 5.82 Å². The number of hydrogen-bond donors (Lipinski definition) is 1. The Labute approximate surface area is 142 Å². The molecule has 0 radical (unpaired) electrons. The highest BCUT2D eigenvalue weighted by molar-refractivity contribution is 6.30. The third-order valence-corrected chi connectivity index (χ3v) is 3.57. The molecule has 0 aliphatic carbocycles. The topological polar surface area (TPSA) is 64.7 Å². The summed E-state index contributed by atoms with van der Waals surface area (Å²) in [5.74, 6) is -0.441. The Bertz CT molecular complexity index is 844. The van der Waals surface area contributed by atoms with Crippen molar-refractivity contribution in [2.45, 2.75) is 19.5 Å². The Morgan fingerprint density at radius 2 is 1.96 bits per heavy atom. The number of carbonyl (C=O) groups excluding carboxylic acids is 1. The van der Waals surface area contributed by atoms with Crippen molar-refractivity contribution < 1.29 is 9.18 Å². The molecule has 0 unspecified atom stereocenters. The zero-order valence-corrected chi connectivity index (χ0v) is 13.4. The van der Waals surface area contributed by atoms with E-state index in [-0.39, 0.29) is 18.1 Å². The molecule has 0 spiro atoms. The van der Waals surface area contributed by atoms with E-state index in [0.717, 1.165) is 0 Å². The maximum absolute atomic E-state index is 13.6. The SMILES string of the molecule is O=C(CCn1cc(Cl)cn1)Nc1cnn(Cc2ccccc2F)c1. The Morgan fingerprint density at radius 3 is 2.71 bits per heavy atom. The zero-order valence-electron chi connectivity index (χ0n) is 12.7. The van der Waals surface area contributed by atoms with Crippen LogP contribution >= 0.6 is 11.6 Å². The molecular formula is C16H15ClFN5O. The Balaban J connectivity index is 1.53. The minimum atomic E-state index is -0.281. The first kappa shape index (κ1) is 16.2. The van der Waals surface area contributed by atoms with Crippen LogP contribution in [0.3, 0.4) is 0 Å². The third kappa shape index (κ3) is 4.20. The lowest BCUT2D eigenvalue weighted by Gasteiger charge is -2.04. The quantitative estimate of drug-likeness (QED) is 0.745. The molecule has 3 rings (SSSR count). The fourth-order valence-corrected chi connectivity index (χ4v) is 2.37. The summed E-state index contributed by atoms with van der Waals surface area (Å²) in [4.78, 5) is 11.9. The van der Waals surface area contributed by atoms with Crippen LogP contribution in [0.5, 0.6) is 0 Å². The number of aromatic nitrogens is 4. The van der Waals surface area contributed by atoms with Crippen molar-refractivity contribution in [1.29, 1.82) is 0 Å². The van der Waals surface area contributed by atoms with Gasteiger partial charge in [-0.05, 0) is 6.07 Å². The second kappa shape index (κ2) is 7.27. The third-order valence-electron chi connectivity index (χ3n) is 3.38. The number of hydrogen-bond acceptors (Lipinski definition) is 3. The van der Waals surface area contributed by atoms with E-state index >= 15 is 0 Å². The zero-order chi connectivity index (χ0) is 16.9. The molecule has 0 saturated heterocycles. The van der Waals surface area contributed by atoms with Crippen LogP contribution in [-0.4, -0.2) is 25.5 Å². The molecule has 1 N–H and O–H groups in total. The standard InChI is InChI=1S/C16H15ClFN5O/c17-13-7-19-22(10-13)6-5-16(24)21-14-8-20-23(11-14)9-12-3-1-2-4-15(12)18/h1-4,7-8,10-11H,5-6,9H2,(H,21,24). The highest BCUT2D eigenvalue weighted by Crippen LogP contribution is 2.11. The summed E-state index contributed by atoms with van der Waals surface area (Å²) in [7, 11) is 0. The predicted octanol–water partition coefficient (Wildman–Crippen LogP) is 2.95. The van der Waals surface area contributed by atoms with Crippen molar-refractivity contribution >= 4 is 23.2 Å². The second-order valence-electron chi connectivity index (χ2n) is 5.24. The minimum Gasteiger partial charge on any atom is -0.323 e. The highest BCUT2D eigenvalue weighted by atomic mass is 35.5. The van der Waals surface area contributed by atoms with Crippen LogP contribution in [0, 0.1) is 5.82 Å². The van der Waals surface area contributed by atoms with E-state index in [1.54, 1.807) is 40.0 Å². The van der Waals surface area contributed by atoms with Crippen LogP contribution in [-0.2, 0) is 17.9 Å². The number of rotatable bonds is 6. The van der Waals surface area contributed by atoms with Crippen LogP contribution in [0.25, 0.3) is 0 Å². The number of benzene rings is 1. The molecule has 1 amide bonds. The van der Waals surface area contributed by atoms with Gasteiger partial charge in [0.05, 0.1) is 29.6 Å². The molecule has 3 aromatic rings. The normalized spacial score (nSPS) is 10.8. The van der Waals surface area contributed by atoms with E-state index < -0.39 is 0 Å². The van der Waals surface area contributed by atoms with Crippen molar-refractivity contribution in [3.63, 3.8) is 0 Å². The van der Waals surface area contributed by atoms with E-state index in [0.29, 0.717) is 29.4 Å². The van der Waals surface area contributed by atoms with Crippen LogP contribution in [0.1, 0.15) is 12.0 Å². The first-order chi connectivity index (χ1) is 11.6. The highest BCUT2D eigenvalue weighted by Gasteiger charge is 2.07. The van der Waals surface area contributed by atoms with Gasteiger partial charge < -0.3 is 5.32 Å². The number of nitrogens with one attached hydrogen (secondary N) is 1. The lowest BCUT2D eigenvalue weighted by Crippen LogP contribution is -2.14. The van der Waals surface area contributed by atoms with Crippen molar-refractivity contribution in [1.82, 2.24) is 19.6 Å². The van der Waals surface area contributed by atoms with Crippen LogP contribution in [0.15, 0.2) is 49.1 Å². The van der Waals surface area contributed by atoms with Crippen molar-refractivity contribution in [2.75, 3.05) is 5.32 Å². The molecule has 0 atom stereocenters.